The van der Waals surface area contributed by atoms with Gasteiger partial charge in [0.1, 0.15) is 29.2 Å². The number of nitriles is 2. The van der Waals surface area contributed by atoms with Gasteiger partial charge in [-0.3, -0.25) is 10.1 Å². The number of allylic oxidation sites excluding steroid dienone is 1. The molecule has 0 amide bonds. The summed E-state index contributed by atoms with van der Waals surface area (Å²) in [6.07, 6.45) is 1.26. The zero-order valence-electron chi connectivity index (χ0n) is 10.5. The van der Waals surface area contributed by atoms with Crippen molar-refractivity contribution in [2.75, 3.05) is 0 Å². The Labute approximate surface area is 118 Å². The molecule has 102 valence electrons. The SMILES string of the molecule is N#CC(C#N)=Cc1ccc(-c2ccc(O)c([N+](=O)[O-])c2)o1. The van der Waals surface area contributed by atoms with Crippen LogP contribution >= 0.6 is 0 Å². The number of benzene rings is 1. The third-order valence-corrected chi connectivity index (χ3v) is 2.61. The molecule has 7 nitrogen and oxygen atoms in total. The van der Waals surface area contributed by atoms with Crippen LogP contribution in [0.25, 0.3) is 17.4 Å². The van der Waals surface area contributed by atoms with Gasteiger partial charge in [-0.2, -0.15) is 10.5 Å². The highest BCUT2D eigenvalue weighted by atomic mass is 16.6. The summed E-state index contributed by atoms with van der Waals surface area (Å²) in [7, 11) is 0. The highest BCUT2D eigenvalue weighted by Crippen LogP contribution is 2.32. The van der Waals surface area contributed by atoms with E-state index in [1.807, 2.05) is 0 Å². The second kappa shape index (κ2) is 5.59. The lowest BCUT2D eigenvalue weighted by Crippen LogP contribution is -1.88. The lowest BCUT2D eigenvalue weighted by Gasteiger charge is -1.99. The molecule has 1 aromatic carbocycles. The lowest BCUT2D eigenvalue weighted by atomic mass is 10.1. The molecule has 0 atom stereocenters. The van der Waals surface area contributed by atoms with Crippen LogP contribution in [0.5, 0.6) is 5.75 Å². The molecule has 1 N–H and O–H groups in total. The minimum Gasteiger partial charge on any atom is -0.502 e. The molecule has 7 heteroatoms. The predicted octanol–water partition coefficient (Wildman–Crippen LogP) is 2.99. The van der Waals surface area contributed by atoms with Gasteiger partial charge in [-0.15, -0.1) is 0 Å². The number of rotatable bonds is 3. The van der Waals surface area contributed by atoms with Crippen molar-refractivity contribution in [2.24, 2.45) is 0 Å². The Morgan fingerprint density at radius 1 is 1.29 bits per heavy atom. The molecule has 0 aliphatic rings. The Hall–Kier alpha value is -3.58. The number of hydrogen-bond donors (Lipinski definition) is 1. The molecular weight excluding hydrogens is 274 g/mol. The van der Waals surface area contributed by atoms with E-state index in [4.69, 9.17) is 14.9 Å². The molecule has 21 heavy (non-hydrogen) atoms. The molecule has 0 unspecified atom stereocenters. The first-order chi connectivity index (χ1) is 10.0. The topological polar surface area (TPSA) is 124 Å². The molecule has 0 aliphatic carbocycles. The summed E-state index contributed by atoms with van der Waals surface area (Å²) in [5.74, 6) is 0.157. The van der Waals surface area contributed by atoms with Crippen LogP contribution in [0, 0.1) is 32.8 Å². The first-order valence-electron chi connectivity index (χ1n) is 5.64. The van der Waals surface area contributed by atoms with Crippen LogP contribution in [0.4, 0.5) is 5.69 Å². The van der Waals surface area contributed by atoms with Gasteiger partial charge in [-0.25, -0.2) is 0 Å². The summed E-state index contributed by atoms with van der Waals surface area (Å²) in [6.45, 7) is 0. The van der Waals surface area contributed by atoms with Gasteiger partial charge in [0.15, 0.2) is 5.75 Å². The first kappa shape index (κ1) is 13.8. The van der Waals surface area contributed by atoms with Crippen LogP contribution in [0.2, 0.25) is 0 Å². The van der Waals surface area contributed by atoms with Crippen LogP contribution in [0.1, 0.15) is 5.76 Å². The van der Waals surface area contributed by atoms with Crippen LogP contribution < -0.4 is 0 Å². The average Bonchev–Trinajstić information content (AvgIpc) is 2.93. The molecule has 0 saturated carbocycles. The molecule has 0 fully saturated rings. The highest BCUT2D eigenvalue weighted by molar-refractivity contribution is 5.67. The van der Waals surface area contributed by atoms with E-state index >= 15 is 0 Å². The van der Waals surface area contributed by atoms with Gasteiger partial charge < -0.3 is 9.52 Å². The van der Waals surface area contributed by atoms with E-state index in [-0.39, 0.29) is 11.3 Å². The molecule has 0 aliphatic heterocycles. The summed E-state index contributed by atoms with van der Waals surface area (Å²) in [6, 6.07) is 10.3. The molecule has 0 bridgehead atoms. The number of nitro benzene ring substituents is 1. The molecule has 2 rings (SSSR count). The molecule has 1 aromatic heterocycles. The highest BCUT2D eigenvalue weighted by Gasteiger charge is 2.15. The zero-order chi connectivity index (χ0) is 15.4. The minimum atomic E-state index is -0.702. The van der Waals surface area contributed by atoms with E-state index in [2.05, 4.69) is 0 Å². The lowest BCUT2D eigenvalue weighted by molar-refractivity contribution is -0.385. The van der Waals surface area contributed by atoms with Gasteiger partial charge in [-0.05, 0) is 24.3 Å². The summed E-state index contributed by atoms with van der Waals surface area (Å²) in [4.78, 5) is 10.1. The van der Waals surface area contributed by atoms with E-state index < -0.39 is 16.4 Å². The molecule has 2 aromatic rings. The maximum absolute atomic E-state index is 10.8. The third kappa shape index (κ3) is 2.88. The first-order valence-corrected chi connectivity index (χ1v) is 5.64. The Balaban J connectivity index is 2.42. The molecular formula is C14H7N3O4. The van der Waals surface area contributed by atoms with Crippen LogP contribution in [-0.2, 0) is 0 Å². The normalized spacial score (nSPS) is 9.43. The maximum atomic E-state index is 10.8. The summed E-state index contributed by atoms with van der Waals surface area (Å²) in [5.41, 5.74) is -0.155. The van der Waals surface area contributed by atoms with Gasteiger partial charge in [-0.1, -0.05) is 0 Å². The van der Waals surface area contributed by atoms with Crippen molar-refractivity contribution in [3.05, 3.63) is 51.8 Å². The second-order valence-electron chi connectivity index (χ2n) is 3.94. The molecule has 0 spiro atoms. The second-order valence-corrected chi connectivity index (χ2v) is 3.94. The monoisotopic (exact) mass is 281 g/mol. The summed E-state index contributed by atoms with van der Waals surface area (Å²) >= 11 is 0. The Morgan fingerprint density at radius 3 is 2.62 bits per heavy atom. The fourth-order valence-electron chi connectivity index (χ4n) is 1.64. The molecule has 0 radical (unpaired) electrons. The third-order valence-electron chi connectivity index (χ3n) is 2.61. The molecule has 0 saturated heterocycles. The van der Waals surface area contributed by atoms with Crippen LogP contribution in [0.3, 0.4) is 0 Å². The Bertz CT molecular complexity index is 805. The number of phenolic OH excluding ortho intramolecular Hbond substituents is 1. The van der Waals surface area contributed by atoms with Gasteiger partial charge in [0.05, 0.1) is 4.92 Å². The number of furan rings is 1. The van der Waals surface area contributed by atoms with E-state index in [1.165, 1.54) is 30.3 Å². The van der Waals surface area contributed by atoms with Gasteiger partial charge in [0, 0.05) is 17.7 Å². The van der Waals surface area contributed by atoms with E-state index in [0.29, 0.717) is 11.3 Å². The average molecular weight is 281 g/mol. The number of hydrogen-bond acceptors (Lipinski definition) is 6. The van der Waals surface area contributed by atoms with Crippen molar-refractivity contribution in [1.29, 1.82) is 10.5 Å². The van der Waals surface area contributed by atoms with Crippen molar-refractivity contribution in [2.45, 2.75) is 0 Å². The van der Waals surface area contributed by atoms with E-state index in [9.17, 15) is 15.2 Å². The van der Waals surface area contributed by atoms with E-state index in [1.54, 1.807) is 18.2 Å². The quantitative estimate of drug-likeness (QED) is 0.523. The fraction of sp³-hybridized carbons (Fsp3) is 0. The standard InChI is InChI=1S/C14H7N3O4/c15-7-9(8-16)5-11-2-4-14(21-11)10-1-3-13(18)12(6-10)17(19)20/h1-6,18H. The molecule has 1 heterocycles. The van der Waals surface area contributed by atoms with Crippen molar-refractivity contribution in [1.82, 2.24) is 0 Å². The number of nitro groups is 1. The van der Waals surface area contributed by atoms with Crippen molar-refractivity contribution < 1.29 is 14.4 Å². The number of aromatic hydroxyl groups is 1. The van der Waals surface area contributed by atoms with Gasteiger partial charge in [0.2, 0.25) is 0 Å². The van der Waals surface area contributed by atoms with Crippen molar-refractivity contribution in [3.8, 4) is 29.2 Å². The Morgan fingerprint density at radius 2 is 2.00 bits per heavy atom. The minimum absolute atomic E-state index is 0.118. The Kier molecular flexibility index (Phi) is 3.69. The fourth-order valence-corrected chi connectivity index (χ4v) is 1.64. The zero-order valence-corrected chi connectivity index (χ0v) is 10.5. The maximum Gasteiger partial charge on any atom is 0.311 e. The smallest absolute Gasteiger partial charge is 0.311 e. The van der Waals surface area contributed by atoms with Crippen molar-refractivity contribution in [3.63, 3.8) is 0 Å². The van der Waals surface area contributed by atoms with Crippen molar-refractivity contribution >= 4 is 11.8 Å². The van der Waals surface area contributed by atoms with Gasteiger partial charge >= 0.3 is 5.69 Å². The van der Waals surface area contributed by atoms with Crippen LogP contribution in [-0.4, -0.2) is 10.0 Å². The van der Waals surface area contributed by atoms with Gasteiger partial charge in [0.25, 0.3) is 0 Å². The predicted molar refractivity (Wildman–Crippen MR) is 71.7 cm³/mol. The largest absolute Gasteiger partial charge is 0.502 e. The van der Waals surface area contributed by atoms with E-state index in [0.717, 1.165) is 0 Å². The summed E-state index contributed by atoms with van der Waals surface area (Å²) in [5, 5.41) is 37.5. The number of nitrogens with zero attached hydrogens (tertiary/aromatic N) is 3. The summed E-state index contributed by atoms with van der Waals surface area (Å²) < 4.78 is 5.40. The van der Waals surface area contributed by atoms with Crippen LogP contribution in [0.15, 0.2) is 40.3 Å². The number of phenols is 1.